The van der Waals surface area contributed by atoms with E-state index < -0.39 is 11.5 Å². The predicted molar refractivity (Wildman–Crippen MR) is 53.5 cm³/mol. The average Bonchev–Trinajstić information content (AvgIpc) is 2.04. The number of nitrogens with one attached hydrogen (secondary N) is 2. The van der Waals surface area contributed by atoms with Crippen LogP contribution < -0.4 is 10.6 Å². The molecule has 1 saturated heterocycles. The lowest BCUT2D eigenvalue weighted by Crippen LogP contribution is -2.59. The predicted octanol–water partition coefficient (Wildman–Crippen LogP) is -0.249. The van der Waals surface area contributed by atoms with Crippen molar-refractivity contribution in [2.45, 2.75) is 25.3 Å². The molecule has 0 unspecified atom stereocenters. The van der Waals surface area contributed by atoms with Crippen LogP contribution in [0.3, 0.4) is 0 Å². The largest absolute Gasteiger partial charge is 0.480 e. The third-order valence-electron chi connectivity index (χ3n) is 2.28. The highest BCUT2D eigenvalue weighted by atomic mass is 35.5. The minimum absolute atomic E-state index is 0. The number of carbonyl (C=O) groups excluding carboxylic acids is 1. The maximum Gasteiger partial charge on any atom is 0.329 e. The van der Waals surface area contributed by atoms with Crippen molar-refractivity contribution < 1.29 is 14.7 Å². The van der Waals surface area contributed by atoms with E-state index in [1.807, 2.05) is 0 Å². The third-order valence-corrected chi connectivity index (χ3v) is 2.28. The van der Waals surface area contributed by atoms with Gasteiger partial charge in [-0.05, 0) is 25.9 Å². The fourth-order valence-electron chi connectivity index (χ4n) is 1.58. The van der Waals surface area contributed by atoms with E-state index in [-0.39, 0.29) is 18.3 Å². The Morgan fingerprint density at radius 3 is 2.21 bits per heavy atom. The SMILES string of the molecule is CC(=O)NC1(C(=O)O)CCNCC1.Cl. The normalized spacial score (nSPS) is 19.2. The Morgan fingerprint density at radius 2 is 1.86 bits per heavy atom. The lowest BCUT2D eigenvalue weighted by atomic mass is 9.88. The number of halogens is 1. The molecule has 1 fully saturated rings. The van der Waals surface area contributed by atoms with Gasteiger partial charge in [0.1, 0.15) is 5.54 Å². The van der Waals surface area contributed by atoms with Gasteiger partial charge in [-0.25, -0.2) is 4.79 Å². The van der Waals surface area contributed by atoms with Gasteiger partial charge in [-0.1, -0.05) is 0 Å². The minimum atomic E-state index is -1.04. The van der Waals surface area contributed by atoms with Gasteiger partial charge in [0.25, 0.3) is 0 Å². The number of carboxylic acids is 1. The molecule has 0 bridgehead atoms. The number of carboxylic acid groups (broad SMARTS) is 1. The van der Waals surface area contributed by atoms with Crippen LogP contribution in [0.15, 0.2) is 0 Å². The van der Waals surface area contributed by atoms with Crippen LogP contribution in [-0.4, -0.2) is 35.6 Å². The highest BCUT2D eigenvalue weighted by Crippen LogP contribution is 2.18. The van der Waals surface area contributed by atoms with Crippen LogP contribution in [0.4, 0.5) is 0 Å². The fourth-order valence-corrected chi connectivity index (χ4v) is 1.58. The number of piperidine rings is 1. The Balaban J connectivity index is 0.00000169. The quantitative estimate of drug-likeness (QED) is 0.602. The van der Waals surface area contributed by atoms with Crippen molar-refractivity contribution in [2.75, 3.05) is 13.1 Å². The molecule has 0 spiro atoms. The summed E-state index contributed by atoms with van der Waals surface area (Å²) in [5, 5.41) is 14.6. The standard InChI is InChI=1S/C8H14N2O3.ClH/c1-6(11)10-8(7(12)13)2-4-9-5-3-8;/h9H,2-5H2,1H3,(H,10,11)(H,12,13);1H. The minimum Gasteiger partial charge on any atom is -0.480 e. The molecule has 0 aromatic heterocycles. The smallest absolute Gasteiger partial charge is 0.329 e. The molecule has 0 aromatic carbocycles. The number of aliphatic carboxylic acids is 1. The summed E-state index contributed by atoms with van der Waals surface area (Å²) in [5.41, 5.74) is -1.04. The fraction of sp³-hybridized carbons (Fsp3) is 0.750. The summed E-state index contributed by atoms with van der Waals surface area (Å²) in [6.45, 7) is 2.60. The number of carbonyl (C=O) groups is 2. The molecular weight excluding hydrogens is 208 g/mol. The molecule has 82 valence electrons. The first kappa shape index (κ1) is 13.2. The molecule has 3 N–H and O–H groups in total. The first-order chi connectivity index (χ1) is 6.07. The van der Waals surface area contributed by atoms with E-state index in [4.69, 9.17) is 5.11 Å². The van der Waals surface area contributed by atoms with Gasteiger partial charge in [0, 0.05) is 6.92 Å². The second kappa shape index (κ2) is 5.17. The molecule has 5 nitrogen and oxygen atoms in total. The summed E-state index contributed by atoms with van der Waals surface area (Å²) >= 11 is 0. The Kier molecular flexibility index (Phi) is 4.87. The maximum absolute atomic E-state index is 11.0. The van der Waals surface area contributed by atoms with E-state index in [9.17, 15) is 9.59 Å². The average molecular weight is 223 g/mol. The van der Waals surface area contributed by atoms with Gasteiger partial charge < -0.3 is 15.7 Å². The van der Waals surface area contributed by atoms with Crippen molar-refractivity contribution in [2.24, 2.45) is 0 Å². The van der Waals surface area contributed by atoms with E-state index in [0.29, 0.717) is 25.9 Å². The zero-order valence-corrected chi connectivity index (χ0v) is 8.82. The van der Waals surface area contributed by atoms with E-state index in [1.54, 1.807) is 0 Å². The molecule has 0 saturated carbocycles. The van der Waals surface area contributed by atoms with Gasteiger partial charge in [0.2, 0.25) is 5.91 Å². The molecule has 1 heterocycles. The van der Waals surface area contributed by atoms with Crippen LogP contribution >= 0.6 is 12.4 Å². The van der Waals surface area contributed by atoms with Crippen LogP contribution in [0.2, 0.25) is 0 Å². The Bertz CT molecular complexity index is 227. The van der Waals surface area contributed by atoms with Gasteiger partial charge in [0.05, 0.1) is 0 Å². The molecule has 1 rings (SSSR count). The molecule has 0 aliphatic carbocycles. The summed E-state index contributed by atoms with van der Waals surface area (Å²) in [6.07, 6.45) is 0.893. The van der Waals surface area contributed by atoms with Crippen LogP contribution in [0.5, 0.6) is 0 Å². The molecule has 1 aliphatic rings. The van der Waals surface area contributed by atoms with E-state index >= 15 is 0 Å². The molecule has 14 heavy (non-hydrogen) atoms. The Morgan fingerprint density at radius 1 is 1.36 bits per heavy atom. The van der Waals surface area contributed by atoms with Crippen molar-refractivity contribution in [3.05, 3.63) is 0 Å². The lowest BCUT2D eigenvalue weighted by molar-refractivity contribution is -0.148. The first-order valence-corrected chi connectivity index (χ1v) is 4.30. The molecule has 1 amide bonds. The highest BCUT2D eigenvalue weighted by Gasteiger charge is 2.40. The number of hydrogen-bond acceptors (Lipinski definition) is 3. The number of amides is 1. The van der Waals surface area contributed by atoms with Gasteiger partial charge in [-0.3, -0.25) is 4.79 Å². The van der Waals surface area contributed by atoms with Crippen molar-refractivity contribution >= 4 is 24.3 Å². The molecular formula is C8H15ClN2O3. The molecule has 0 radical (unpaired) electrons. The number of rotatable bonds is 2. The van der Waals surface area contributed by atoms with Gasteiger partial charge in [-0.15, -0.1) is 12.4 Å². The topological polar surface area (TPSA) is 78.4 Å². The molecule has 1 aliphatic heterocycles. The highest BCUT2D eigenvalue weighted by molar-refractivity contribution is 5.86. The molecule has 0 atom stereocenters. The summed E-state index contributed by atoms with van der Waals surface area (Å²) < 4.78 is 0. The van der Waals surface area contributed by atoms with Gasteiger partial charge >= 0.3 is 5.97 Å². The maximum atomic E-state index is 11.0. The van der Waals surface area contributed by atoms with E-state index in [2.05, 4.69) is 10.6 Å². The zero-order chi connectivity index (χ0) is 9.90. The molecule has 0 aromatic rings. The van der Waals surface area contributed by atoms with Crippen LogP contribution in [0.1, 0.15) is 19.8 Å². The second-order valence-electron chi connectivity index (χ2n) is 3.32. The van der Waals surface area contributed by atoms with Crippen molar-refractivity contribution in [1.29, 1.82) is 0 Å². The van der Waals surface area contributed by atoms with Gasteiger partial charge in [0.15, 0.2) is 0 Å². The Hall–Kier alpha value is -0.810. The summed E-state index contributed by atoms with van der Waals surface area (Å²) in [7, 11) is 0. The first-order valence-electron chi connectivity index (χ1n) is 4.30. The van der Waals surface area contributed by atoms with Crippen LogP contribution in [-0.2, 0) is 9.59 Å². The Labute approximate surface area is 88.7 Å². The van der Waals surface area contributed by atoms with Crippen molar-refractivity contribution in [3.8, 4) is 0 Å². The summed E-state index contributed by atoms with van der Waals surface area (Å²) in [4.78, 5) is 21.8. The lowest BCUT2D eigenvalue weighted by Gasteiger charge is -2.33. The second-order valence-corrected chi connectivity index (χ2v) is 3.32. The summed E-state index contributed by atoms with van der Waals surface area (Å²) in [5.74, 6) is -1.23. The van der Waals surface area contributed by atoms with Crippen molar-refractivity contribution in [3.63, 3.8) is 0 Å². The van der Waals surface area contributed by atoms with Gasteiger partial charge in [-0.2, -0.15) is 0 Å². The van der Waals surface area contributed by atoms with E-state index in [1.165, 1.54) is 6.92 Å². The van der Waals surface area contributed by atoms with E-state index in [0.717, 1.165) is 0 Å². The van der Waals surface area contributed by atoms with Crippen LogP contribution in [0, 0.1) is 0 Å². The molecule has 6 heteroatoms. The third kappa shape index (κ3) is 2.85. The number of hydrogen-bond donors (Lipinski definition) is 3. The van der Waals surface area contributed by atoms with Crippen molar-refractivity contribution in [1.82, 2.24) is 10.6 Å². The summed E-state index contributed by atoms with van der Waals surface area (Å²) in [6, 6.07) is 0. The van der Waals surface area contributed by atoms with Crippen LogP contribution in [0.25, 0.3) is 0 Å². The monoisotopic (exact) mass is 222 g/mol. The zero-order valence-electron chi connectivity index (χ0n) is 8.00.